The maximum atomic E-state index is 13.6. The van der Waals surface area contributed by atoms with Crippen LogP contribution >= 0.6 is 23.4 Å². The summed E-state index contributed by atoms with van der Waals surface area (Å²) >= 11 is 7.18. The lowest BCUT2D eigenvalue weighted by atomic mass is 9.85. The van der Waals surface area contributed by atoms with Crippen molar-refractivity contribution in [3.63, 3.8) is 0 Å². The zero-order valence-corrected chi connectivity index (χ0v) is 15.6. The fourth-order valence-corrected chi connectivity index (χ4v) is 5.05. The first-order chi connectivity index (χ1) is 12.9. The Morgan fingerprint density at radius 3 is 2.70 bits per heavy atom. The molecule has 0 unspecified atom stereocenters. The van der Waals surface area contributed by atoms with Crippen LogP contribution in [0.2, 0.25) is 5.02 Å². The van der Waals surface area contributed by atoms with Crippen molar-refractivity contribution in [1.29, 1.82) is 5.26 Å². The number of amides is 1. The Kier molecular flexibility index (Phi) is 4.47. The van der Waals surface area contributed by atoms with E-state index in [0.29, 0.717) is 26.8 Å². The molecular weight excluding hydrogens is 387 g/mol. The Morgan fingerprint density at radius 2 is 2.04 bits per heavy atom. The molecule has 0 saturated carbocycles. The highest BCUT2D eigenvalue weighted by Crippen LogP contribution is 2.51. The molecule has 0 aromatic heterocycles. The molecule has 0 bridgehead atoms. The van der Waals surface area contributed by atoms with Crippen LogP contribution in [-0.4, -0.2) is 21.7 Å². The zero-order valence-electron chi connectivity index (χ0n) is 14.0. The predicted molar refractivity (Wildman–Crippen MR) is 101 cm³/mol. The number of nitrogens with zero attached hydrogens (tertiary/aromatic N) is 2. The second-order valence-electron chi connectivity index (χ2n) is 6.48. The van der Waals surface area contributed by atoms with Gasteiger partial charge in [-0.2, -0.15) is 5.26 Å². The van der Waals surface area contributed by atoms with Gasteiger partial charge in [0.05, 0.1) is 22.4 Å². The minimum absolute atomic E-state index is 0.00763. The van der Waals surface area contributed by atoms with Crippen molar-refractivity contribution in [3.8, 4) is 6.07 Å². The first-order valence-electron chi connectivity index (χ1n) is 8.28. The van der Waals surface area contributed by atoms with Gasteiger partial charge in [-0.25, -0.2) is 4.39 Å². The molecule has 0 aliphatic carbocycles. The molecule has 0 radical (unpaired) electrons. The normalized spacial score (nSPS) is 24.7. The zero-order chi connectivity index (χ0) is 19.2. The van der Waals surface area contributed by atoms with E-state index in [-0.39, 0.29) is 18.1 Å². The summed E-state index contributed by atoms with van der Waals surface area (Å²) in [6.07, 6.45) is -0.00763. The minimum atomic E-state index is -1.54. The second-order valence-corrected chi connectivity index (χ2v) is 7.88. The summed E-state index contributed by atoms with van der Waals surface area (Å²) in [6.45, 7) is 0. The molecule has 4 nitrogen and oxygen atoms in total. The third-order valence-electron chi connectivity index (χ3n) is 4.87. The van der Waals surface area contributed by atoms with Gasteiger partial charge in [0, 0.05) is 22.9 Å². The number of hydrogen-bond acceptors (Lipinski definition) is 4. The molecule has 2 aliphatic rings. The topological polar surface area (TPSA) is 64.3 Å². The number of carbonyl (C=O) groups is 1. The van der Waals surface area contributed by atoms with Crippen LogP contribution in [0.25, 0.3) is 0 Å². The van der Waals surface area contributed by atoms with Crippen LogP contribution in [-0.2, 0) is 10.5 Å². The molecule has 1 fully saturated rings. The quantitative estimate of drug-likeness (QED) is 0.823. The Labute approximate surface area is 164 Å². The molecule has 0 spiro atoms. The highest BCUT2D eigenvalue weighted by Gasteiger charge is 2.51. The van der Waals surface area contributed by atoms with Gasteiger partial charge in [0.1, 0.15) is 5.82 Å². The monoisotopic (exact) mass is 400 g/mol. The lowest BCUT2D eigenvalue weighted by molar-refractivity contribution is -0.149. The van der Waals surface area contributed by atoms with Gasteiger partial charge in [-0.3, -0.25) is 9.69 Å². The Morgan fingerprint density at radius 1 is 1.30 bits per heavy atom. The number of allylic oxidation sites excluding steroid dienone is 1. The van der Waals surface area contributed by atoms with Crippen LogP contribution in [0.4, 0.5) is 4.39 Å². The van der Waals surface area contributed by atoms with Gasteiger partial charge >= 0.3 is 0 Å². The Balaban J connectivity index is 1.81. The second kappa shape index (κ2) is 6.68. The number of rotatable bonds is 2. The van der Waals surface area contributed by atoms with Gasteiger partial charge < -0.3 is 5.11 Å². The maximum Gasteiger partial charge on any atom is 0.231 e. The summed E-state index contributed by atoms with van der Waals surface area (Å²) in [4.78, 5) is 14.3. The lowest BCUT2D eigenvalue weighted by Crippen LogP contribution is -2.48. The SMILES string of the molecule is N#CC1=C2SC[C@@](O)(c3ccc(Cl)cc3)N2C(=O)C[C@@H]1c1cccc(F)c1. The maximum absolute atomic E-state index is 13.6. The average molecular weight is 401 g/mol. The summed E-state index contributed by atoms with van der Waals surface area (Å²) in [5.41, 5.74) is -0.0645. The number of carbonyl (C=O) groups excluding carboxylic acids is 1. The fourth-order valence-electron chi connectivity index (χ4n) is 3.56. The highest BCUT2D eigenvalue weighted by molar-refractivity contribution is 8.03. The number of hydrogen-bond donors (Lipinski definition) is 1. The van der Waals surface area contributed by atoms with E-state index in [2.05, 4.69) is 6.07 Å². The molecule has 2 heterocycles. The third kappa shape index (κ3) is 2.92. The summed E-state index contributed by atoms with van der Waals surface area (Å²) in [7, 11) is 0. The van der Waals surface area contributed by atoms with Gasteiger partial charge in [-0.15, -0.1) is 11.8 Å². The molecule has 27 heavy (non-hydrogen) atoms. The predicted octanol–water partition coefficient (Wildman–Crippen LogP) is 4.12. The minimum Gasteiger partial charge on any atom is -0.366 e. The van der Waals surface area contributed by atoms with Crippen molar-refractivity contribution in [3.05, 3.63) is 81.1 Å². The number of halogens is 2. The van der Waals surface area contributed by atoms with Crippen LogP contribution in [0, 0.1) is 17.1 Å². The van der Waals surface area contributed by atoms with E-state index in [1.807, 2.05) is 0 Å². The van der Waals surface area contributed by atoms with Crippen molar-refractivity contribution in [2.45, 2.75) is 18.1 Å². The smallest absolute Gasteiger partial charge is 0.231 e. The van der Waals surface area contributed by atoms with Crippen molar-refractivity contribution < 1.29 is 14.3 Å². The van der Waals surface area contributed by atoms with E-state index in [4.69, 9.17) is 11.6 Å². The summed E-state index contributed by atoms with van der Waals surface area (Å²) in [5, 5.41) is 22.0. The van der Waals surface area contributed by atoms with E-state index in [1.54, 1.807) is 36.4 Å². The molecule has 2 aromatic carbocycles. The molecule has 2 atom stereocenters. The van der Waals surface area contributed by atoms with Gasteiger partial charge in [0.25, 0.3) is 0 Å². The van der Waals surface area contributed by atoms with Crippen LogP contribution in [0.1, 0.15) is 23.5 Å². The first-order valence-corrected chi connectivity index (χ1v) is 9.64. The largest absolute Gasteiger partial charge is 0.366 e. The molecule has 4 rings (SSSR count). The molecule has 136 valence electrons. The van der Waals surface area contributed by atoms with E-state index in [0.717, 1.165) is 0 Å². The molecule has 1 amide bonds. The molecule has 1 saturated heterocycles. The van der Waals surface area contributed by atoms with Crippen LogP contribution in [0.3, 0.4) is 0 Å². The average Bonchev–Trinajstić information content (AvgIpc) is 3.01. The standard InChI is InChI=1S/C20H14ClFN2O2S/c21-14-6-4-13(5-7-14)20(26)11-27-19-17(10-23)16(9-18(25)24(19)20)12-2-1-3-15(22)8-12/h1-8,16,26H,9,11H2/t16-,20-/m1/s1. The third-order valence-corrected chi connectivity index (χ3v) is 6.34. The van der Waals surface area contributed by atoms with Crippen LogP contribution < -0.4 is 0 Å². The van der Waals surface area contributed by atoms with Crippen molar-refractivity contribution in [2.75, 3.05) is 5.75 Å². The van der Waals surface area contributed by atoms with Crippen molar-refractivity contribution >= 4 is 29.3 Å². The van der Waals surface area contributed by atoms with Crippen molar-refractivity contribution in [1.82, 2.24) is 4.90 Å². The molecular formula is C20H14ClFN2O2S. The van der Waals surface area contributed by atoms with Gasteiger partial charge in [0.15, 0.2) is 5.72 Å². The van der Waals surface area contributed by atoms with E-state index < -0.39 is 17.5 Å². The Hall–Kier alpha value is -2.33. The molecule has 1 N–H and O–H groups in total. The highest BCUT2D eigenvalue weighted by atomic mass is 35.5. The molecule has 2 aliphatic heterocycles. The van der Waals surface area contributed by atoms with Crippen LogP contribution in [0.15, 0.2) is 59.1 Å². The summed E-state index contributed by atoms with van der Waals surface area (Å²) in [6, 6.07) is 14.7. The fraction of sp³-hybridized carbons (Fsp3) is 0.200. The van der Waals surface area contributed by atoms with Gasteiger partial charge in [-0.1, -0.05) is 35.9 Å². The van der Waals surface area contributed by atoms with Gasteiger partial charge in [-0.05, 0) is 29.8 Å². The number of aliphatic hydroxyl groups is 1. The van der Waals surface area contributed by atoms with Crippen molar-refractivity contribution in [2.24, 2.45) is 0 Å². The number of thioether (sulfide) groups is 1. The van der Waals surface area contributed by atoms with E-state index in [9.17, 15) is 19.6 Å². The summed E-state index contributed by atoms with van der Waals surface area (Å²) in [5.74, 6) is -1.04. The van der Waals surface area contributed by atoms with Crippen LogP contribution in [0.5, 0.6) is 0 Å². The number of benzene rings is 2. The number of nitriles is 1. The molecule has 7 heteroatoms. The first kappa shape index (κ1) is 18.1. The lowest BCUT2D eigenvalue weighted by Gasteiger charge is -2.38. The van der Waals surface area contributed by atoms with Gasteiger partial charge in [0.2, 0.25) is 5.91 Å². The van der Waals surface area contributed by atoms with E-state index >= 15 is 0 Å². The Bertz CT molecular complexity index is 1000. The van der Waals surface area contributed by atoms with E-state index in [1.165, 1.54) is 28.8 Å². The summed E-state index contributed by atoms with van der Waals surface area (Å²) < 4.78 is 13.6. The number of fused-ring (bicyclic) bond motifs is 1. The molecule has 2 aromatic rings.